The molecule has 1 aromatic carbocycles. The van der Waals surface area contributed by atoms with E-state index in [9.17, 15) is 4.79 Å². The zero-order valence-electron chi connectivity index (χ0n) is 10.6. The van der Waals surface area contributed by atoms with E-state index in [1.165, 1.54) is 17.2 Å². The monoisotopic (exact) mass is 287 g/mol. The number of rotatable bonds is 2. The van der Waals surface area contributed by atoms with Crippen molar-refractivity contribution < 1.29 is 20.1 Å². The van der Waals surface area contributed by atoms with Gasteiger partial charge >= 0.3 is 20.8 Å². The molecule has 0 saturated carbocycles. The van der Waals surface area contributed by atoms with Crippen LogP contribution in [0.25, 0.3) is 0 Å². The Kier molecular flexibility index (Phi) is 6.02. The van der Waals surface area contributed by atoms with E-state index < -0.39 is 0 Å². The Hall–Kier alpha value is -1.19. The van der Waals surface area contributed by atoms with Gasteiger partial charge in [0, 0.05) is 13.1 Å². The summed E-state index contributed by atoms with van der Waals surface area (Å²) in [5.41, 5.74) is 5.53. The van der Waals surface area contributed by atoms with Crippen LogP contribution in [-0.2, 0) is 26.6 Å². The fourth-order valence-electron chi connectivity index (χ4n) is 2.29. The summed E-state index contributed by atoms with van der Waals surface area (Å²) in [5, 5.41) is 0. The average Bonchev–Trinajstić information content (AvgIpc) is 2.47. The molecule has 1 amide bonds. The van der Waals surface area contributed by atoms with Crippen molar-refractivity contribution in [3.63, 3.8) is 0 Å². The minimum absolute atomic E-state index is 0.0213. The van der Waals surface area contributed by atoms with Gasteiger partial charge in [0.15, 0.2) is 0 Å². The molecule has 1 aromatic rings. The van der Waals surface area contributed by atoms with Crippen LogP contribution in [0, 0.1) is 6.07 Å². The van der Waals surface area contributed by atoms with Crippen molar-refractivity contribution in [1.29, 1.82) is 0 Å². The molecule has 0 saturated heterocycles. The van der Waals surface area contributed by atoms with E-state index in [4.69, 9.17) is 0 Å². The number of benzene rings is 1. The quantitative estimate of drug-likeness (QED) is 0.604. The Morgan fingerprint density at radius 3 is 3.00 bits per heavy atom. The Bertz CT molecular complexity index is 430. The van der Waals surface area contributed by atoms with Crippen molar-refractivity contribution in [2.45, 2.75) is 25.8 Å². The van der Waals surface area contributed by atoms with E-state index in [1.807, 2.05) is 17.0 Å². The van der Waals surface area contributed by atoms with Crippen LogP contribution in [-0.4, -0.2) is 22.8 Å². The molecule has 3 heteroatoms. The maximum atomic E-state index is 11.6. The summed E-state index contributed by atoms with van der Waals surface area (Å²) in [6, 6.07) is 9.14. The molecule has 0 fully saturated rings. The molecule has 0 radical (unpaired) electrons. The van der Waals surface area contributed by atoms with Gasteiger partial charge in [-0.05, 0) is 18.4 Å². The van der Waals surface area contributed by atoms with Gasteiger partial charge in [-0.2, -0.15) is 24.3 Å². The first kappa shape index (κ1) is 14.9. The van der Waals surface area contributed by atoms with Crippen LogP contribution in [0.15, 0.2) is 30.9 Å². The van der Waals surface area contributed by atoms with E-state index >= 15 is 0 Å². The number of amides is 1. The molecular weight excluding hydrogens is 269 g/mol. The van der Waals surface area contributed by atoms with Crippen molar-refractivity contribution in [3.8, 4) is 0 Å². The predicted molar refractivity (Wildman–Crippen MR) is 71.0 cm³/mol. The summed E-state index contributed by atoms with van der Waals surface area (Å²) in [6.07, 6.45) is 2.45. The van der Waals surface area contributed by atoms with E-state index in [0.717, 1.165) is 13.0 Å². The second-order valence-electron chi connectivity index (χ2n) is 4.15. The van der Waals surface area contributed by atoms with Gasteiger partial charge in [-0.15, -0.1) is 11.1 Å². The molecule has 0 unspecified atom stereocenters. The average molecular weight is 287 g/mol. The maximum absolute atomic E-state index is 11.6. The third-order valence-electron chi connectivity index (χ3n) is 3.21. The van der Waals surface area contributed by atoms with E-state index in [2.05, 4.69) is 46.4 Å². The first-order chi connectivity index (χ1) is 8.76. The van der Waals surface area contributed by atoms with Gasteiger partial charge in [0.25, 0.3) is 0 Å². The molecule has 0 aliphatic carbocycles. The number of nitrogens with zero attached hydrogens (tertiary/aromatic N) is 1. The Morgan fingerprint density at radius 1 is 1.67 bits per heavy atom. The third-order valence-corrected chi connectivity index (χ3v) is 3.21. The van der Waals surface area contributed by atoms with Gasteiger partial charge in [0.1, 0.15) is 0 Å². The van der Waals surface area contributed by atoms with Gasteiger partial charge in [0.05, 0.1) is 0 Å². The van der Waals surface area contributed by atoms with E-state index in [-0.39, 0.29) is 5.91 Å². The van der Waals surface area contributed by atoms with E-state index in [0.29, 0.717) is 12.5 Å². The van der Waals surface area contributed by atoms with Crippen molar-refractivity contribution in [1.82, 2.24) is 4.90 Å². The molecule has 1 aliphatic heterocycles. The first-order valence-corrected chi connectivity index (χ1v) is 6.63. The van der Waals surface area contributed by atoms with Gasteiger partial charge in [-0.25, -0.2) is 0 Å². The number of carbonyl (C=O) groups is 1. The summed E-state index contributed by atoms with van der Waals surface area (Å²) in [4.78, 5) is 13.5. The van der Waals surface area contributed by atoms with Crippen LogP contribution in [0.2, 0.25) is 0 Å². The Balaban J connectivity index is 0.000000771. The van der Waals surface area contributed by atoms with Crippen LogP contribution in [0.4, 0.5) is 0 Å². The zero-order chi connectivity index (χ0) is 13.5. The standard InChI is InChI=1S/C14H16NO.CH2.Co/c1-3-11-9-15(14(16)4-2)10-12-7-5-6-8-13(11)12;;/h4,6-8,11H,2-3,9-10H2,1H3;1H2;/q-1;;/t11-;;/m1../s1. The van der Waals surface area contributed by atoms with Crippen LogP contribution in [0.3, 0.4) is 0 Å². The van der Waals surface area contributed by atoms with Crippen molar-refractivity contribution in [3.05, 3.63) is 48.0 Å². The summed E-state index contributed by atoms with van der Waals surface area (Å²) >= 11 is 3.31. The summed E-state index contributed by atoms with van der Waals surface area (Å²) in [5.74, 6) is 0.468. The van der Waals surface area contributed by atoms with Crippen LogP contribution in [0.1, 0.15) is 30.4 Å². The number of hydrogen-bond donors (Lipinski definition) is 0. The topological polar surface area (TPSA) is 20.3 Å². The SMILES string of the molecule is C=CC(=O)N1Cc2c[c-]ccc2[C@H](CC)C1.[CH2]=[Co]. The fourth-order valence-corrected chi connectivity index (χ4v) is 2.29. The van der Waals surface area contributed by atoms with E-state index in [1.54, 1.807) is 0 Å². The van der Waals surface area contributed by atoms with Crippen molar-refractivity contribution in [2.75, 3.05) is 6.54 Å². The summed E-state index contributed by atoms with van der Waals surface area (Å²) in [7, 11) is 0. The molecule has 99 valence electrons. The third kappa shape index (κ3) is 3.18. The molecule has 18 heavy (non-hydrogen) atoms. The van der Waals surface area contributed by atoms with Gasteiger partial charge in [-0.3, -0.25) is 4.79 Å². The second-order valence-corrected chi connectivity index (χ2v) is 4.15. The van der Waals surface area contributed by atoms with Gasteiger partial charge in [-0.1, -0.05) is 13.5 Å². The molecule has 0 spiro atoms. The minimum atomic E-state index is 0.0213. The molecule has 1 heterocycles. The predicted octanol–water partition coefficient (Wildman–Crippen LogP) is 2.47. The normalized spacial score (nSPS) is 17.2. The molecular formula is C15H18CoNO-. The molecule has 0 N–H and O–H groups in total. The molecule has 0 aromatic heterocycles. The summed E-state index contributed by atoms with van der Waals surface area (Å²) < 4.78 is 0. The van der Waals surface area contributed by atoms with Crippen LogP contribution < -0.4 is 0 Å². The first-order valence-electron chi connectivity index (χ1n) is 5.90. The van der Waals surface area contributed by atoms with Crippen LogP contribution in [0.5, 0.6) is 0 Å². The molecule has 0 bridgehead atoms. The second kappa shape index (κ2) is 7.29. The van der Waals surface area contributed by atoms with Gasteiger partial charge in [0.2, 0.25) is 5.91 Å². The zero-order valence-corrected chi connectivity index (χ0v) is 11.7. The summed E-state index contributed by atoms with van der Waals surface area (Å²) in [6.45, 7) is 7.20. The number of carbonyl (C=O) groups excluding carboxylic acids is 1. The molecule has 1 atom stereocenters. The number of hydrogen-bond acceptors (Lipinski definition) is 1. The number of fused-ring (bicyclic) bond motifs is 1. The van der Waals surface area contributed by atoms with Crippen LogP contribution >= 0.6 is 0 Å². The van der Waals surface area contributed by atoms with Crippen molar-refractivity contribution >= 4 is 11.4 Å². The Labute approximate surface area is 117 Å². The molecule has 2 nitrogen and oxygen atoms in total. The molecule has 2 rings (SSSR count). The molecule has 1 aliphatic rings. The van der Waals surface area contributed by atoms with Gasteiger partial charge < -0.3 is 4.90 Å². The Morgan fingerprint density at radius 2 is 2.39 bits per heavy atom. The van der Waals surface area contributed by atoms with Crippen molar-refractivity contribution in [2.24, 2.45) is 0 Å². The fraction of sp³-hybridized carbons (Fsp3) is 0.333.